The fourth-order valence-corrected chi connectivity index (χ4v) is 5.37. The number of esters is 1. The van der Waals surface area contributed by atoms with E-state index in [2.05, 4.69) is 25.1 Å². The van der Waals surface area contributed by atoms with Gasteiger partial charge < -0.3 is 9.47 Å². The largest absolute Gasteiger partial charge is 0.497 e. The molecule has 3 nitrogen and oxygen atoms in total. The quantitative estimate of drug-likeness (QED) is 0.749. The Labute approximate surface area is 144 Å². The lowest BCUT2D eigenvalue weighted by molar-refractivity contribution is -0.152. The number of carbonyl (C=O) groups excluding carboxylic acids is 1. The average Bonchev–Trinajstić information content (AvgIpc) is 2.90. The first kappa shape index (κ1) is 15.7. The van der Waals surface area contributed by atoms with Gasteiger partial charge in [-0.2, -0.15) is 0 Å². The third kappa shape index (κ3) is 2.28. The van der Waals surface area contributed by atoms with Crippen LogP contribution in [0.2, 0.25) is 0 Å². The normalized spacial score (nSPS) is 31.1. The van der Waals surface area contributed by atoms with Crippen molar-refractivity contribution in [3.63, 3.8) is 0 Å². The first-order chi connectivity index (χ1) is 11.5. The lowest BCUT2D eigenvalue weighted by Crippen LogP contribution is -2.39. The summed E-state index contributed by atoms with van der Waals surface area (Å²) in [6, 6.07) is 6.52. The second kappa shape index (κ2) is 5.65. The molecule has 4 rings (SSSR count). The zero-order valence-electron chi connectivity index (χ0n) is 14.9. The van der Waals surface area contributed by atoms with Crippen LogP contribution in [0, 0.1) is 11.3 Å². The van der Waals surface area contributed by atoms with Gasteiger partial charge in [0.25, 0.3) is 0 Å². The number of allylic oxidation sites excluding steroid dienone is 2. The molecule has 0 N–H and O–H groups in total. The van der Waals surface area contributed by atoms with Crippen molar-refractivity contribution in [2.24, 2.45) is 11.3 Å². The van der Waals surface area contributed by atoms with Crippen LogP contribution >= 0.6 is 0 Å². The Morgan fingerprint density at radius 3 is 2.79 bits per heavy atom. The number of ether oxygens (including phenoxy) is 2. The number of aryl methyl sites for hydroxylation is 1. The van der Waals surface area contributed by atoms with Gasteiger partial charge >= 0.3 is 5.97 Å². The summed E-state index contributed by atoms with van der Waals surface area (Å²) >= 11 is 0. The van der Waals surface area contributed by atoms with E-state index in [1.165, 1.54) is 18.1 Å². The topological polar surface area (TPSA) is 35.5 Å². The summed E-state index contributed by atoms with van der Waals surface area (Å²) < 4.78 is 11.1. The lowest BCUT2D eigenvalue weighted by Gasteiger charge is -2.44. The summed E-state index contributed by atoms with van der Waals surface area (Å²) in [5.74, 6) is 1.39. The van der Waals surface area contributed by atoms with E-state index in [0.717, 1.165) is 44.3 Å². The molecule has 0 aliphatic heterocycles. The summed E-state index contributed by atoms with van der Waals surface area (Å²) in [6.45, 7) is 3.88. The van der Waals surface area contributed by atoms with E-state index < -0.39 is 0 Å². The maximum atomic E-state index is 11.5. The molecule has 1 aromatic carbocycles. The number of carbonyl (C=O) groups is 1. The fourth-order valence-electron chi connectivity index (χ4n) is 5.37. The molecule has 3 aliphatic carbocycles. The van der Waals surface area contributed by atoms with Crippen molar-refractivity contribution in [3.05, 3.63) is 34.9 Å². The van der Waals surface area contributed by atoms with Crippen LogP contribution in [-0.4, -0.2) is 19.2 Å². The molecule has 0 heterocycles. The van der Waals surface area contributed by atoms with Gasteiger partial charge in [0.05, 0.1) is 7.11 Å². The SMILES string of the molecule is COc1ccc2c(c1)CCC1=C2CC[C@]2(C)[C@@H](OC(C)=O)CC[C@@H]12. The van der Waals surface area contributed by atoms with E-state index in [4.69, 9.17) is 9.47 Å². The molecule has 24 heavy (non-hydrogen) atoms. The molecule has 0 unspecified atom stereocenters. The van der Waals surface area contributed by atoms with Crippen molar-refractivity contribution in [2.45, 2.75) is 58.5 Å². The van der Waals surface area contributed by atoms with Gasteiger partial charge in [-0.15, -0.1) is 0 Å². The minimum absolute atomic E-state index is 0.0892. The van der Waals surface area contributed by atoms with Crippen LogP contribution < -0.4 is 4.74 Å². The van der Waals surface area contributed by atoms with Gasteiger partial charge in [0.15, 0.2) is 0 Å². The first-order valence-electron chi connectivity index (χ1n) is 9.09. The standard InChI is InChI=1S/C21H26O3/c1-13(22)24-20-9-8-19-18-6-4-14-12-15(23-3)5-7-16(14)17(18)10-11-21(19,20)2/h5,7,12,19-20H,4,6,8-11H2,1-3H3/t19-,20-,21-/m0/s1. The highest BCUT2D eigenvalue weighted by molar-refractivity contribution is 5.75. The van der Waals surface area contributed by atoms with Crippen LogP contribution in [0.15, 0.2) is 23.8 Å². The highest BCUT2D eigenvalue weighted by Gasteiger charge is 2.52. The Hall–Kier alpha value is -1.77. The van der Waals surface area contributed by atoms with E-state index in [9.17, 15) is 4.79 Å². The van der Waals surface area contributed by atoms with E-state index in [0.29, 0.717) is 5.92 Å². The van der Waals surface area contributed by atoms with Crippen LogP contribution in [0.4, 0.5) is 0 Å². The van der Waals surface area contributed by atoms with Crippen molar-refractivity contribution < 1.29 is 14.3 Å². The maximum Gasteiger partial charge on any atom is 0.302 e. The average molecular weight is 326 g/mol. The Bertz CT molecular complexity index is 718. The molecule has 1 aromatic rings. The zero-order chi connectivity index (χ0) is 16.9. The van der Waals surface area contributed by atoms with Crippen LogP contribution in [-0.2, 0) is 16.0 Å². The number of benzene rings is 1. The third-order valence-corrected chi connectivity index (χ3v) is 6.58. The van der Waals surface area contributed by atoms with Gasteiger partial charge in [-0.25, -0.2) is 0 Å². The zero-order valence-corrected chi connectivity index (χ0v) is 14.9. The van der Waals surface area contributed by atoms with Crippen LogP contribution in [0.3, 0.4) is 0 Å². The highest BCUT2D eigenvalue weighted by Crippen LogP contribution is 2.58. The van der Waals surface area contributed by atoms with Crippen molar-refractivity contribution in [2.75, 3.05) is 7.11 Å². The smallest absolute Gasteiger partial charge is 0.302 e. The van der Waals surface area contributed by atoms with Crippen molar-refractivity contribution in [1.29, 1.82) is 0 Å². The Morgan fingerprint density at radius 1 is 1.21 bits per heavy atom. The summed E-state index contributed by atoms with van der Waals surface area (Å²) in [6.07, 6.45) is 6.69. The van der Waals surface area contributed by atoms with E-state index in [1.807, 2.05) is 0 Å². The minimum Gasteiger partial charge on any atom is -0.497 e. The second-order valence-electron chi connectivity index (χ2n) is 7.76. The number of hydrogen-bond donors (Lipinski definition) is 0. The molecule has 1 fully saturated rings. The van der Waals surface area contributed by atoms with Crippen LogP contribution in [0.25, 0.3) is 5.57 Å². The van der Waals surface area contributed by atoms with Crippen LogP contribution in [0.1, 0.15) is 57.1 Å². The number of methoxy groups -OCH3 is 1. The molecule has 0 aromatic heterocycles. The lowest BCUT2D eigenvalue weighted by atomic mass is 9.62. The van der Waals surface area contributed by atoms with E-state index >= 15 is 0 Å². The number of hydrogen-bond acceptors (Lipinski definition) is 3. The van der Waals surface area contributed by atoms with Gasteiger partial charge in [0, 0.05) is 12.3 Å². The molecule has 128 valence electrons. The molecule has 0 saturated heterocycles. The first-order valence-corrected chi connectivity index (χ1v) is 9.09. The van der Waals surface area contributed by atoms with Crippen molar-refractivity contribution in [3.8, 4) is 5.75 Å². The van der Waals surface area contributed by atoms with Gasteiger partial charge in [0.2, 0.25) is 0 Å². The van der Waals surface area contributed by atoms with Crippen LogP contribution in [0.5, 0.6) is 5.75 Å². The Balaban J connectivity index is 1.70. The highest BCUT2D eigenvalue weighted by atomic mass is 16.5. The molecular weight excluding hydrogens is 300 g/mol. The molecule has 1 saturated carbocycles. The summed E-state index contributed by atoms with van der Waals surface area (Å²) in [4.78, 5) is 11.5. The van der Waals surface area contributed by atoms with E-state index in [1.54, 1.807) is 18.3 Å². The van der Waals surface area contributed by atoms with E-state index in [-0.39, 0.29) is 17.5 Å². The van der Waals surface area contributed by atoms with Gasteiger partial charge in [0.1, 0.15) is 11.9 Å². The Morgan fingerprint density at radius 2 is 2.04 bits per heavy atom. The molecule has 0 bridgehead atoms. The molecular formula is C21H26O3. The van der Waals surface area contributed by atoms with Gasteiger partial charge in [-0.1, -0.05) is 18.6 Å². The molecule has 3 aliphatic rings. The Kier molecular flexibility index (Phi) is 3.70. The predicted molar refractivity (Wildman–Crippen MR) is 93.9 cm³/mol. The molecule has 0 radical (unpaired) electrons. The van der Waals surface area contributed by atoms with Gasteiger partial charge in [-0.05, 0) is 73.3 Å². The summed E-state index contributed by atoms with van der Waals surface area (Å²) in [5, 5.41) is 0. The predicted octanol–water partition coefficient (Wildman–Crippen LogP) is 4.54. The number of fused-ring (bicyclic) bond motifs is 4. The number of rotatable bonds is 2. The molecule has 3 atom stereocenters. The van der Waals surface area contributed by atoms with Crippen molar-refractivity contribution in [1.82, 2.24) is 0 Å². The third-order valence-electron chi connectivity index (χ3n) is 6.58. The summed E-state index contributed by atoms with van der Waals surface area (Å²) in [7, 11) is 1.73. The minimum atomic E-state index is -0.136. The monoisotopic (exact) mass is 326 g/mol. The maximum absolute atomic E-state index is 11.5. The van der Waals surface area contributed by atoms with Gasteiger partial charge in [-0.3, -0.25) is 4.79 Å². The summed E-state index contributed by atoms with van der Waals surface area (Å²) in [5.41, 5.74) is 6.16. The molecule has 0 spiro atoms. The fraction of sp³-hybridized carbons (Fsp3) is 0.571. The molecule has 3 heteroatoms. The second-order valence-corrected chi connectivity index (χ2v) is 7.76. The van der Waals surface area contributed by atoms with Crippen molar-refractivity contribution >= 4 is 11.5 Å². The molecule has 0 amide bonds.